The fourth-order valence-corrected chi connectivity index (χ4v) is 3.47. The number of piperidine rings is 1. The smallest absolute Gasteiger partial charge is 0.303 e. The van der Waals surface area contributed by atoms with E-state index in [1.807, 2.05) is 4.90 Å². The number of rotatable bonds is 4. The van der Waals surface area contributed by atoms with Gasteiger partial charge in [-0.15, -0.1) is 0 Å². The largest absolute Gasteiger partial charge is 0.481 e. The fraction of sp³-hybridized carbons (Fsp3) is 0.800. The molecule has 0 bridgehead atoms. The summed E-state index contributed by atoms with van der Waals surface area (Å²) >= 11 is 0. The molecule has 5 nitrogen and oxygen atoms in total. The molecule has 0 aromatic carbocycles. The molecule has 2 rings (SSSR count). The van der Waals surface area contributed by atoms with Crippen LogP contribution < -0.4 is 0 Å². The number of nitrogens with zero attached hydrogens (tertiary/aromatic N) is 2. The van der Waals surface area contributed by atoms with E-state index < -0.39 is 11.4 Å². The number of nitriles is 1. The topological polar surface area (TPSA) is 81.4 Å². The van der Waals surface area contributed by atoms with Crippen LogP contribution in [0.15, 0.2) is 0 Å². The quantitative estimate of drug-likeness (QED) is 0.854. The summed E-state index contributed by atoms with van der Waals surface area (Å²) in [5.74, 6) is -0.531. The van der Waals surface area contributed by atoms with Gasteiger partial charge in [0.15, 0.2) is 0 Å². The standard InChI is InChI=1S/C15H22N2O3/c16-11-15(7-1-2-8-15)14(20)17-9-3-4-12(10-17)5-6-13(18)19/h12H,1-10H2,(H,18,19)/t12-/m1/s1. The van der Waals surface area contributed by atoms with Crippen LogP contribution in [-0.2, 0) is 9.59 Å². The average Bonchev–Trinajstić information content (AvgIpc) is 2.94. The molecule has 20 heavy (non-hydrogen) atoms. The van der Waals surface area contributed by atoms with Crippen molar-refractivity contribution in [2.45, 2.75) is 51.4 Å². The Morgan fingerprint density at radius 3 is 2.60 bits per heavy atom. The lowest BCUT2D eigenvalue weighted by atomic mass is 9.84. The summed E-state index contributed by atoms with van der Waals surface area (Å²) in [5, 5.41) is 18.1. The van der Waals surface area contributed by atoms with E-state index in [0.717, 1.165) is 25.7 Å². The Bertz CT molecular complexity index is 421. The third-order valence-corrected chi connectivity index (χ3v) is 4.65. The number of hydrogen-bond acceptors (Lipinski definition) is 3. The van der Waals surface area contributed by atoms with E-state index in [4.69, 9.17) is 5.11 Å². The molecule has 1 atom stereocenters. The van der Waals surface area contributed by atoms with Crippen LogP contribution in [-0.4, -0.2) is 35.0 Å². The highest BCUT2D eigenvalue weighted by Crippen LogP contribution is 2.40. The van der Waals surface area contributed by atoms with Gasteiger partial charge in [-0.05, 0) is 38.0 Å². The summed E-state index contributed by atoms with van der Waals surface area (Å²) in [4.78, 5) is 25.1. The van der Waals surface area contributed by atoms with Crippen molar-refractivity contribution in [3.63, 3.8) is 0 Å². The first-order valence-corrected chi connectivity index (χ1v) is 7.50. The van der Waals surface area contributed by atoms with E-state index in [1.54, 1.807) is 0 Å². The zero-order valence-electron chi connectivity index (χ0n) is 11.8. The summed E-state index contributed by atoms with van der Waals surface area (Å²) in [6.45, 7) is 1.33. The molecule has 1 heterocycles. The summed E-state index contributed by atoms with van der Waals surface area (Å²) in [5.41, 5.74) is -0.797. The van der Waals surface area contributed by atoms with E-state index in [9.17, 15) is 14.9 Å². The van der Waals surface area contributed by atoms with Crippen LogP contribution in [0.25, 0.3) is 0 Å². The zero-order valence-corrected chi connectivity index (χ0v) is 11.8. The highest BCUT2D eigenvalue weighted by Gasteiger charge is 2.44. The normalized spacial score (nSPS) is 25.1. The van der Waals surface area contributed by atoms with Crippen molar-refractivity contribution in [2.24, 2.45) is 11.3 Å². The second kappa shape index (κ2) is 6.25. The van der Waals surface area contributed by atoms with Gasteiger partial charge >= 0.3 is 5.97 Å². The molecule has 2 fully saturated rings. The Labute approximate surface area is 119 Å². The van der Waals surface area contributed by atoms with Gasteiger partial charge in [0, 0.05) is 19.5 Å². The molecule has 1 saturated heterocycles. The highest BCUT2D eigenvalue weighted by atomic mass is 16.4. The van der Waals surface area contributed by atoms with E-state index in [-0.39, 0.29) is 18.2 Å². The number of carboxylic acids is 1. The van der Waals surface area contributed by atoms with Gasteiger partial charge < -0.3 is 10.0 Å². The monoisotopic (exact) mass is 278 g/mol. The summed E-state index contributed by atoms with van der Waals surface area (Å²) in [6, 6.07) is 2.25. The molecule has 1 aliphatic heterocycles. The molecule has 1 saturated carbocycles. The van der Waals surface area contributed by atoms with Crippen molar-refractivity contribution < 1.29 is 14.7 Å². The first-order valence-electron chi connectivity index (χ1n) is 7.50. The highest BCUT2D eigenvalue weighted by molar-refractivity contribution is 5.86. The maximum Gasteiger partial charge on any atom is 0.303 e. The maximum absolute atomic E-state index is 12.6. The molecule has 1 aliphatic carbocycles. The predicted octanol–water partition coefficient (Wildman–Crippen LogP) is 2.17. The van der Waals surface area contributed by atoms with E-state index >= 15 is 0 Å². The molecule has 5 heteroatoms. The van der Waals surface area contributed by atoms with Gasteiger partial charge in [-0.2, -0.15) is 5.26 Å². The molecule has 0 aromatic rings. The van der Waals surface area contributed by atoms with E-state index in [2.05, 4.69) is 6.07 Å². The molecule has 0 spiro atoms. The second-order valence-corrected chi connectivity index (χ2v) is 6.09. The van der Waals surface area contributed by atoms with Crippen molar-refractivity contribution in [3.8, 4) is 6.07 Å². The first kappa shape index (κ1) is 14.8. The summed E-state index contributed by atoms with van der Waals surface area (Å²) in [7, 11) is 0. The second-order valence-electron chi connectivity index (χ2n) is 6.09. The van der Waals surface area contributed by atoms with E-state index in [0.29, 0.717) is 32.4 Å². The Balaban J connectivity index is 1.96. The van der Waals surface area contributed by atoms with Gasteiger partial charge in [0.25, 0.3) is 0 Å². The first-order chi connectivity index (χ1) is 9.57. The predicted molar refractivity (Wildman–Crippen MR) is 72.7 cm³/mol. The van der Waals surface area contributed by atoms with E-state index in [1.165, 1.54) is 0 Å². The van der Waals surface area contributed by atoms with Crippen molar-refractivity contribution in [3.05, 3.63) is 0 Å². The van der Waals surface area contributed by atoms with Crippen LogP contribution in [0, 0.1) is 22.7 Å². The molecular formula is C15H22N2O3. The lowest BCUT2D eigenvalue weighted by Crippen LogP contribution is -2.47. The molecule has 110 valence electrons. The minimum Gasteiger partial charge on any atom is -0.481 e. The number of amides is 1. The summed E-state index contributed by atoms with van der Waals surface area (Å²) in [6.07, 6.45) is 5.95. The van der Waals surface area contributed by atoms with Crippen molar-refractivity contribution >= 4 is 11.9 Å². The minimum atomic E-state index is -0.797. The van der Waals surface area contributed by atoms with Gasteiger partial charge in [-0.3, -0.25) is 9.59 Å². The molecule has 1 amide bonds. The van der Waals surface area contributed by atoms with Crippen LogP contribution >= 0.6 is 0 Å². The Morgan fingerprint density at radius 2 is 2.00 bits per heavy atom. The molecule has 0 radical (unpaired) electrons. The van der Waals surface area contributed by atoms with Crippen molar-refractivity contribution in [2.75, 3.05) is 13.1 Å². The number of likely N-dealkylation sites (tertiary alicyclic amines) is 1. The maximum atomic E-state index is 12.6. The summed E-state index contributed by atoms with van der Waals surface area (Å²) < 4.78 is 0. The van der Waals surface area contributed by atoms with Crippen LogP contribution in [0.3, 0.4) is 0 Å². The van der Waals surface area contributed by atoms with Crippen LogP contribution in [0.2, 0.25) is 0 Å². The van der Waals surface area contributed by atoms with Crippen molar-refractivity contribution in [1.82, 2.24) is 4.90 Å². The Kier molecular flexibility index (Phi) is 4.64. The van der Waals surface area contributed by atoms with Gasteiger partial charge in [-0.25, -0.2) is 0 Å². The number of carbonyl (C=O) groups is 2. The Morgan fingerprint density at radius 1 is 1.30 bits per heavy atom. The van der Waals surface area contributed by atoms with Gasteiger partial charge in [-0.1, -0.05) is 12.8 Å². The molecule has 2 aliphatic rings. The minimum absolute atomic E-state index is 0.0162. The van der Waals surface area contributed by atoms with Gasteiger partial charge in [0.2, 0.25) is 5.91 Å². The molecule has 0 unspecified atom stereocenters. The third-order valence-electron chi connectivity index (χ3n) is 4.65. The number of carboxylic acid groups (broad SMARTS) is 1. The number of carbonyl (C=O) groups excluding carboxylic acids is 1. The van der Waals surface area contributed by atoms with Crippen LogP contribution in [0.5, 0.6) is 0 Å². The zero-order chi connectivity index (χ0) is 14.6. The lowest BCUT2D eigenvalue weighted by molar-refractivity contribution is -0.140. The molecule has 0 aromatic heterocycles. The third kappa shape index (κ3) is 3.12. The lowest BCUT2D eigenvalue weighted by Gasteiger charge is -2.36. The SMILES string of the molecule is N#CC1(C(=O)N2CCC[C@H](CCC(=O)O)C2)CCCC1. The van der Waals surface area contributed by atoms with Gasteiger partial charge in [0.1, 0.15) is 5.41 Å². The Hall–Kier alpha value is -1.57. The van der Waals surface area contributed by atoms with Crippen LogP contribution in [0.1, 0.15) is 51.4 Å². The fourth-order valence-electron chi connectivity index (χ4n) is 3.47. The molecule has 1 N–H and O–H groups in total. The van der Waals surface area contributed by atoms with Crippen molar-refractivity contribution in [1.29, 1.82) is 5.26 Å². The van der Waals surface area contributed by atoms with Gasteiger partial charge in [0.05, 0.1) is 6.07 Å². The molecular weight excluding hydrogens is 256 g/mol. The number of aliphatic carboxylic acids is 1. The number of hydrogen-bond donors (Lipinski definition) is 1. The van der Waals surface area contributed by atoms with Crippen LogP contribution in [0.4, 0.5) is 0 Å². The average molecular weight is 278 g/mol.